The fourth-order valence-corrected chi connectivity index (χ4v) is 2.28. The Hall–Kier alpha value is -0.120. The minimum atomic E-state index is -0.395. The van der Waals surface area contributed by atoms with Crippen molar-refractivity contribution in [2.24, 2.45) is 0 Å². The summed E-state index contributed by atoms with van der Waals surface area (Å²) in [5.41, 5.74) is -0.395. The Morgan fingerprint density at radius 3 is 2.75 bits per heavy atom. The molecule has 1 heterocycles. The fourth-order valence-electron chi connectivity index (χ4n) is 2.28. The van der Waals surface area contributed by atoms with E-state index in [2.05, 4.69) is 6.92 Å². The SMILES string of the molecule is CCOC(C)(CC)C(O)CCC1CCCO1. The van der Waals surface area contributed by atoms with Crippen molar-refractivity contribution in [1.29, 1.82) is 0 Å². The Morgan fingerprint density at radius 1 is 1.50 bits per heavy atom. The second-order valence-corrected chi connectivity index (χ2v) is 4.83. The van der Waals surface area contributed by atoms with Crippen LogP contribution in [0, 0.1) is 0 Å². The van der Waals surface area contributed by atoms with Gasteiger partial charge in [-0.3, -0.25) is 0 Å². The number of rotatable bonds is 7. The van der Waals surface area contributed by atoms with Gasteiger partial charge >= 0.3 is 0 Å². The van der Waals surface area contributed by atoms with Crippen molar-refractivity contribution in [1.82, 2.24) is 0 Å². The standard InChI is InChI=1S/C13H26O3/c1-4-13(3,16-5-2)12(14)9-8-11-7-6-10-15-11/h11-12,14H,4-10H2,1-3H3. The summed E-state index contributed by atoms with van der Waals surface area (Å²) in [6.45, 7) is 7.57. The molecule has 3 heteroatoms. The number of ether oxygens (including phenoxy) is 2. The van der Waals surface area contributed by atoms with Crippen LogP contribution >= 0.6 is 0 Å². The van der Waals surface area contributed by atoms with Crippen LogP contribution in [-0.4, -0.2) is 36.1 Å². The van der Waals surface area contributed by atoms with Crippen LogP contribution in [-0.2, 0) is 9.47 Å². The summed E-state index contributed by atoms with van der Waals surface area (Å²) in [5, 5.41) is 10.2. The van der Waals surface area contributed by atoms with Gasteiger partial charge in [0.05, 0.1) is 17.8 Å². The zero-order valence-corrected chi connectivity index (χ0v) is 10.9. The highest BCUT2D eigenvalue weighted by Gasteiger charge is 2.32. The molecule has 16 heavy (non-hydrogen) atoms. The molecular weight excluding hydrogens is 204 g/mol. The molecule has 0 aromatic carbocycles. The molecule has 0 radical (unpaired) electrons. The minimum absolute atomic E-state index is 0.359. The summed E-state index contributed by atoms with van der Waals surface area (Å²) in [6.07, 6.45) is 4.84. The summed E-state index contributed by atoms with van der Waals surface area (Å²) in [4.78, 5) is 0. The van der Waals surface area contributed by atoms with Gasteiger partial charge in [0.25, 0.3) is 0 Å². The van der Waals surface area contributed by atoms with E-state index >= 15 is 0 Å². The molecule has 3 unspecified atom stereocenters. The average molecular weight is 230 g/mol. The highest BCUT2D eigenvalue weighted by molar-refractivity contribution is 4.83. The maximum Gasteiger partial charge on any atom is 0.0909 e. The van der Waals surface area contributed by atoms with E-state index in [-0.39, 0.29) is 6.10 Å². The van der Waals surface area contributed by atoms with Gasteiger partial charge in [-0.1, -0.05) is 6.92 Å². The molecule has 96 valence electrons. The molecule has 1 N–H and O–H groups in total. The third kappa shape index (κ3) is 3.72. The smallest absolute Gasteiger partial charge is 0.0909 e. The number of hydrogen-bond acceptors (Lipinski definition) is 3. The largest absolute Gasteiger partial charge is 0.390 e. The molecule has 0 bridgehead atoms. The fraction of sp³-hybridized carbons (Fsp3) is 1.00. The van der Waals surface area contributed by atoms with Gasteiger partial charge in [-0.25, -0.2) is 0 Å². The molecule has 0 aromatic heterocycles. The topological polar surface area (TPSA) is 38.7 Å². The lowest BCUT2D eigenvalue weighted by atomic mass is 9.91. The van der Waals surface area contributed by atoms with E-state index in [1.807, 2.05) is 13.8 Å². The van der Waals surface area contributed by atoms with Crippen LogP contribution in [0.15, 0.2) is 0 Å². The molecule has 1 fully saturated rings. The van der Waals surface area contributed by atoms with Crippen LogP contribution in [0.3, 0.4) is 0 Å². The van der Waals surface area contributed by atoms with Gasteiger partial charge in [0.15, 0.2) is 0 Å². The van der Waals surface area contributed by atoms with Gasteiger partial charge in [0, 0.05) is 13.2 Å². The molecule has 0 aromatic rings. The molecular formula is C13H26O3. The third-order valence-corrected chi connectivity index (χ3v) is 3.67. The lowest BCUT2D eigenvalue weighted by Crippen LogP contribution is -2.42. The Kier molecular flexibility index (Phi) is 5.73. The Labute approximate surface area is 99.1 Å². The Morgan fingerprint density at radius 2 is 2.25 bits per heavy atom. The van der Waals surface area contributed by atoms with E-state index in [1.54, 1.807) is 0 Å². The van der Waals surface area contributed by atoms with Crippen molar-refractivity contribution in [3.63, 3.8) is 0 Å². The van der Waals surface area contributed by atoms with E-state index < -0.39 is 5.60 Å². The first kappa shape index (κ1) is 13.9. The van der Waals surface area contributed by atoms with Gasteiger partial charge in [0.2, 0.25) is 0 Å². The number of aliphatic hydroxyl groups is 1. The summed E-state index contributed by atoms with van der Waals surface area (Å²) in [7, 11) is 0. The van der Waals surface area contributed by atoms with Gasteiger partial charge in [-0.15, -0.1) is 0 Å². The van der Waals surface area contributed by atoms with E-state index in [0.717, 1.165) is 38.7 Å². The maximum atomic E-state index is 10.2. The first-order valence-corrected chi connectivity index (χ1v) is 6.56. The second-order valence-electron chi connectivity index (χ2n) is 4.83. The quantitative estimate of drug-likeness (QED) is 0.730. The first-order chi connectivity index (χ1) is 7.62. The van der Waals surface area contributed by atoms with E-state index in [1.165, 1.54) is 0 Å². The van der Waals surface area contributed by atoms with Gasteiger partial charge in [-0.2, -0.15) is 0 Å². The van der Waals surface area contributed by atoms with Crippen LogP contribution in [0.2, 0.25) is 0 Å². The van der Waals surface area contributed by atoms with Crippen molar-refractivity contribution in [2.45, 2.75) is 70.7 Å². The van der Waals surface area contributed by atoms with Crippen molar-refractivity contribution < 1.29 is 14.6 Å². The summed E-state index contributed by atoms with van der Waals surface area (Å²) in [5.74, 6) is 0. The number of hydrogen-bond donors (Lipinski definition) is 1. The number of aliphatic hydroxyl groups excluding tert-OH is 1. The second kappa shape index (κ2) is 6.58. The lowest BCUT2D eigenvalue weighted by molar-refractivity contribution is -0.115. The Balaban J connectivity index is 2.33. The highest BCUT2D eigenvalue weighted by atomic mass is 16.5. The molecule has 0 aliphatic carbocycles. The van der Waals surface area contributed by atoms with Gasteiger partial charge in [-0.05, 0) is 46.0 Å². The molecule has 1 rings (SSSR count). The molecule has 1 aliphatic heterocycles. The highest BCUT2D eigenvalue weighted by Crippen LogP contribution is 2.26. The van der Waals surface area contributed by atoms with Crippen LogP contribution in [0.4, 0.5) is 0 Å². The van der Waals surface area contributed by atoms with E-state index in [0.29, 0.717) is 12.7 Å². The molecule has 0 spiro atoms. The zero-order valence-electron chi connectivity index (χ0n) is 10.9. The predicted molar refractivity (Wildman–Crippen MR) is 64.5 cm³/mol. The van der Waals surface area contributed by atoms with Gasteiger partial charge < -0.3 is 14.6 Å². The van der Waals surface area contributed by atoms with Crippen LogP contribution in [0.25, 0.3) is 0 Å². The first-order valence-electron chi connectivity index (χ1n) is 6.56. The van der Waals surface area contributed by atoms with Crippen molar-refractivity contribution in [3.05, 3.63) is 0 Å². The van der Waals surface area contributed by atoms with Crippen LogP contribution < -0.4 is 0 Å². The third-order valence-electron chi connectivity index (χ3n) is 3.67. The zero-order chi connectivity index (χ0) is 12.0. The van der Waals surface area contributed by atoms with Crippen LogP contribution in [0.1, 0.15) is 52.9 Å². The lowest BCUT2D eigenvalue weighted by Gasteiger charge is -2.33. The molecule has 0 saturated carbocycles. The molecule has 0 amide bonds. The van der Waals surface area contributed by atoms with E-state index in [4.69, 9.17) is 9.47 Å². The summed E-state index contributed by atoms with van der Waals surface area (Å²) in [6, 6.07) is 0. The van der Waals surface area contributed by atoms with Crippen molar-refractivity contribution in [2.75, 3.05) is 13.2 Å². The summed E-state index contributed by atoms with van der Waals surface area (Å²) >= 11 is 0. The van der Waals surface area contributed by atoms with Crippen molar-refractivity contribution in [3.8, 4) is 0 Å². The molecule has 3 atom stereocenters. The van der Waals surface area contributed by atoms with Gasteiger partial charge in [0.1, 0.15) is 0 Å². The minimum Gasteiger partial charge on any atom is -0.390 e. The van der Waals surface area contributed by atoms with Crippen molar-refractivity contribution >= 4 is 0 Å². The monoisotopic (exact) mass is 230 g/mol. The molecule has 1 aliphatic rings. The van der Waals surface area contributed by atoms with Crippen LogP contribution in [0.5, 0.6) is 0 Å². The average Bonchev–Trinajstić information content (AvgIpc) is 2.78. The van der Waals surface area contributed by atoms with E-state index in [9.17, 15) is 5.11 Å². The normalized spacial score (nSPS) is 26.6. The maximum absolute atomic E-state index is 10.2. The Bertz CT molecular complexity index is 190. The molecule has 1 saturated heterocycles. The predicted octanol–water partition coefficient (Wildman–Crippen LogP) is 2.51. The molecule has 3 nitrogen and oxygen atoms in total. The summed E-state index contributed by atoms with van der Waals surface area (Å²) < 4.78 is 11.2.